The maximum Gasteiger partial charge on any atom is 0.227 e. The zero-order valence-electron chi connectivity index (χ0n) is 12.8. The summed E-state index contributed by atoms with van der Waals surface area (Å²) < 4.78 is 11.0. The molecule has 0 aliphatic carbocycles. The molecular formula is C16H23NO4. The fourth-order valence-corrected chi connectivity index (χ4v) is 2.70. The van der Waals surface area contributed by atoms with Gasteiger partial charge in [-0.25, -0.2) is 0 Å². The SMILES string of the molecule is COc1ccccc1CC(=O)N1CC(CO)OC(C)(C)C1. The van der Waals surface area contributed by atoms with Gasteiger partial charge in [0.05, 0.1) is 31.8 Å². The summed E-state index contributed by atoms with van der Waals surface area (Å²) in [6.45, 7) is 4.73. The molecule has 1 heterocycles. The highest BCUT2D eigenvalue weighted by Gasteiger charge is 2.35. The first-order valence-electron chi connectivity index (χ1n) is 7.13. The van der Waals surface area contributed by atoms with E-state index in [9.17, 15) is 9.90 Å². The summed E-state index contributed by atoms with van der Waals surface area (Å²) >= 11 is 0. The van der Waals surface area contributed by atoms with Crippen LogP contribution in [0.3, 0.4) is 0 Å². The molecule has 0 aromatic heterocycles. The topological polar surface area (TPSA) is 59.0 Å². The third-order valence-electron chi connectivity index (χ3n) is 3.57. The van der Waals surface area contributed by atoms with E-state index in [1.54, 1.807) is 12.0 Å². The lowest BCUT2D eigenvalue weighted by Gasteiger charge is -2.42. The summed E-state index contributed by atoms with van der Waals surface area (Å²) in [5, 5.41) is 9.31. The molecule has 1 atom stereocenters. The van der Waals surface area contributed by atoms with Crippen molar-refractivity contribution >= 4 is 5.91 Å². The van der Waals surface area contributed by atoms with Gasteiger partial charge in [0.1, 0.15) is 5.75 Å². The first-order chi connectivity index (χ1) is 9.95. The van der Waals surface area contributed by atoms with Gasteiger partial charge in [-0.1, -0.05) is 18.2 Å². The van der Waals surface area contributed by atoms with E-state index >= 15 is 0 Å². The Hall–Kier alpha value is -1.59. The molecule has 0 saturated carbocycles. The number of ether oxygens (including phenoxy) is 2. The third kappa shape index (κ3) is 3.95. The number of rotatable bonds is 4. The molecule has 5 nitrogen and oxygen atoms in total. The number of morpholine rings is 1. The van der Waals surface area contributed by atoms with Crippen molar-refractivity contribution in [2.24, 2.45) is 0 Å². The van der Waals surface area contributed by atoms with Crippen molar-refractivity contribution in [3.63, 3.8) is 0 Å². The highest BCUT2D eigenvalue weighted by atomic mass is 16.5. The number of carbonyl (C=O) groups excluding carboxylic acids is 1. The predicted molar refractivity (Wildman–Crippen MR) is 79.3 cm³/mol. The lowest BCUT2D eigenvalue weighted by atomic mass is 10.0. The molecule has 1 amide bonds. The highest BCUT2D eigenvalue weighted by Crippen LogP contribution is 2.23. The summed E-state index contributed by atoms with van der Waals surface area (Å²) in [5.74, 6) is 0.742. The van der Waals surface area contributed by atoms with Crippen LogP contribution in [0.15, 0.2) is 24.3 Å². The Labute approximate surface area is 125 Å². The molecule has 5 heteroatoms. The highest BCUT2D eigenvalue weighted by molar-refractivity contribution is 5.79. The van der Waals surface area contributed by atoms with Gasteiger partial charge in [0.25, 0.3) is 0 Å². The van der Waals surface area contributed by atoms with Crippen LogP contribution in [-0.4, -0.2) is 54.4 Å². The molecule has 21 heavy (non-hydrogen) atoms. The molecule has 1 aromatic carbocycles. The van der Waals surface area contributed by atoms with Gasteiger partial charge in [0.15, 0.2) is 0 Å². The lowest BCUT2D eigenvalue weighted by molar-refractivity contribution is -0.166. The molecule has 1 saturated heterocycles. The van der Waals surface area contributed by atoms with Crippen LogP contribution >= 0.6 is 0 Å². The van der Waals surface area contributed by atoms with Crippen molar-refractivity contribution in [3.8, 4) is 5.75 Å². The standard InChI is InChI=1S/C16H23NO4/c1-16(2)11-17(9-13(10-18)21-16)15(19)8-12-6-4-5-7-14(12)20-3/h4-7,13,18H,8-11H2,1-3H3. The van der Waals surface area contributed by atoms with Gasteiger partial charge in [0, 0.05) is 18.7 Å². The Kier molecular flexibility index (Phi) is 4.85. The number of hydrogen-bond donors (Lipinski definition) is 1. The molecule has 2 rings (SSSR count). The number of aliphatic hydroxyl groups excluding tert-OH is 1. The van der Waals surface area contributed by atoms with Crippen molar-refractivity contribution < 1.29 is 19.4 Å². The van der Waals surface area contributed by atoms with Gasteiger partial charge in [-0.2, -0.15) is 0 Å². The quantitative estimate of drug-likeness (QED) is 0.907. The average Bonchev–Trinajstić information content (AvgIpc) is 2.46. The molecule has 1 fully saturated rings. The summed E-state index contributed by atoms with van der Waals surface area (Å²) in [6, 6.07) is 7.52. The second kappa shape index (κ2) is 6.45. The Morgan fingerprint density at radius 2 is 2.19 bits per heavy atom. The molecule has 1 aliphatic rings. The second-order valence-corrected chi connectivity index (χ2v) is 5.95. The molecule has 116 valence electrons. The molecule has 1 aliphatic heterocycles. The molecule has 1 unspecified atom stereocenters. The van der Waals surface area contributed by atoms with Gasteiger partial charge in [-0.05, 0) is 19.9 Å². The van der Waals surface area contributed by atoms with Gasteiger partial charge in [-0.3, -0.25) is 4.79 Å². The number of carbonyl (C=O) groups is 1. The summed E-state index contributed by atoms with van der Waals surface area (Å²) in [7, 11) is 1.60. The Morgan fingerprint density at radius 3 is 2.86 bits per heavy atom. The predicted octanol–water partition coefficient (Wildman–Crippen LogP) is 1.24. The smallest absolute Gasteiger partial charge is 0.227 e. The van der Waals surface area contributed by atoms with E-state index in [4.69, 9.17) is 9.47 Å². The third-order valence-corrected chi connectivity index (χ3v) is 3.57. The lowest BCUT2D eigenvalue weighted by Crippen LogP contribution is -2.55. The van der Waals surface area contributed by atoms with Crippen LogP contribution in [0.25, 0.3) is 0 Å². The Morgan fingerprint density at radius 1 is 1.48 bits per heavy atom. The molecule has 1 aromatic rings. The van der Waals surface area contributed by atoms with Crippen LogP contribution in [0.2, 0.25) is 0 Å². The van der Waals surface area contributed by atoms with E-state index < -0.39 is 5.60 Å². The van der Waals surface area contributed by atoms with Gasteiger partial charge < -0.3 is 19.5 Å². The van der Waals surface area contributed by atoms with Gasteiger partial charge in [0.2, 0.25) is 5.91 Å². The van der Waals surface area contributed by atoms with E-state index in [1.807, 2.05) is 38.1 Å². The summed E-state index contributed by atoms with van der Waals surface area (Å²) in [5.41, 5.74) is 0.428. The van der Waals surface area contributed by atoms with Crippen molar-refractivity contribution in [1.82, 2.24) is 4.90 Å². The minimum absolute atomic E-state index is 0.0225. The number of hydrogen-bond acceptors (Lipinski definition) is 4. The number of aliphatic hydroxyl groups is 1. The molecule has 1 N–H and O–H groups in total. The van der Waals surface area contributed by atoms with E-state index in [2.05, 4.69) is 0 Å². The molecular weight excluding hydrogens is 270 g/mol. The molecule has 0 radical (unpaired) electrons. The fraction of sp³-hybridized carbons (Fsp3) is 0.562. The number of para-hydroxylation sites is 1. The Balaban J connectivity index is 2.09. The van der Waals surface area contributed by atoms with E-state index in [1.165, 1.54) is 0 Å². The normalized spacial score (nSPS) is 21.1. The van der Waals surface area contributed by atoms with Crippen molar-refractivity contribution in [2.75, 3.05) is 26.8 Å². The van der Waals surface area contributed by atoms with Crippen LogP contribution in [-0.2, 0) is 16.0 Å². The molecule has 0 bridgehead atoms. The van der Waals surface area contributed by atoms with Gasteiger partial charge >= 0.3 is 0 Å². The van der Waals surface area contributed by atoms with Crippen LogP contribution in [0.1, 0.15) is 19.4 Å². The van der Waals surface area contributed by atoms with Crippen molar-refractivity contribution in [1.29, 1.82) is 0 Å². The van der Waals surface area contributed by atoms with Gasteiger partial charge in [-0.15, -0.1) is 0 Å². The maximum atomic E-state index is 12.5. The zero-order valence-corrected chi connectivity index (χ0v) is 12.8. The first-order valence-corrected chi connectivity index (χ1v) is 7.13. The monoisotopic (exact) mass is 293 g/mol. The fourth-order valence-electron chi connectivity index (χ4n) is 2.70. The Bertz CT molecular complexity index is 501. The minimum atomic E-state index is -0.442. The number of benzene rings is 1. The van der Waals surface area contributed by atoms with E-state index in [-0.39, 0.29) is 25.0 Å². The molecule has 0 spiro atoms. The van der Waals surface area contributed by atoms with E-state index in [0.717, 1.165) is 11.3 Å². The summed E-state index contributed by atoms with van der Waals surface area (Å²) in [6.07, 6.45) is -0.0338. The van der Waals surface area contributed by atoms with Crippen LogP contribution in [0, 0.1) is 0 Å². The largest absolute Gasteiger partial charge is 0.496 e. The first kappa shape index (κ1) is 15.8. The second-order valence-electron chi connectivity index (χ2n) is 5.95. The van der Waals surface area contributed by atoms with Crippen LogP contribution in [0.5, 0.6) is 5.75 Å². The van der Waals surface area contributed by atoms with Crippen LogP contribution in [0.4, 0.5) is 0 Å². The zero-order chi connectivity index (χ0) is 15.5. The van der Waals surface area contributed by atoms with E-state index in [0.29, 0.717) is 13.1 Å². The number of methoxy groups -OCH3 is 1. The number of amides is 1. The average molecular weight is 293 g/mol. The number of nitrogens with zero attached hydrogens (tertiary/aromatic N) is 1. The van der Waals surface area contributed by atoms with Crippen LogP contribution < -0.4 is 4.74 Å². The minimum Gasteiger partial charge on any atom is -0.496 e. The van der Waals surface area contributed by atoms with Crippen molar-refractivity contribution in [3.05, 3.63) is 29.8 Å². The summed E-state index contributed by atoms with van der Waals surface area (Å²) in [4.78, 5) is 14.3. The van der Waals surface area contributed by atoms with Crippen molar-refractivity contribution in [2.45, 2.75) is 32.0 Å². The maximum absolute atomic E-state index is 12.5.